The molecule has 2 rings (SSSR count). The molecule has 2 aromatic rings. The van der Waals surface area contributed by atoms with Crippen molar-refractivity contribution in [3.8, 4) is 5.75 Å². The molecule has 0 saturated heterocycles. The molecule has 1 aromatic heterocycles. The number of hydrogen-bond donors (Lipinski definition) is 1. The Balaban J connectivity index is 1.86. The first-order valence-electron chi connectivity index (χ1n) is 7.74. The van der Waals surface area contributed by atoms with Crippen LogP contribution in [0.3, 0.4) is 0 Å². The minimum absolute atomic E-state index is 0.0597. The summed E-state index contributed by atoms with van der Waals surface area (Å²) < 4.78 is 7.02. The molecular weight excluding hydrogens is 310 g/mol. The van der Waals surface area contributed by atoms with Gasteiger partial charge < -0.3 is 20.2 Å². The number of benzene rings is 1. The van der Waals surface area contributed by atoms with E-state index in [0.29, 0.717) is 11.6 Å². The molecule has 1 N–H and O–H groups in total. The second kappa shape index (κ2) is 8.66. The van der Waals surface area contributed by atoms with Crippen molar-refractivity contribution >= 4 is 17.8 Å². The maximum absolute atomic E-state index is 10.8. The van der Waals surface area contributed by atoms with Gasteiger partial charge in [-0.15, -0.1) is 0 Å². The second-order valence-electron chi connectivity index (χ2n) is 5.19. The van der Waals surface area contributed by atoms with Crippen molar-refractivity contribution in [3.05, 3.63) is 46.4 Å². The van der Waals surface area contributed by atoms with E-state index in [2.05, 4.69) is 22.2 Å². The number of hydrogen-bond acceptors (Lipinski definition) is 5. The number of ether oxygens (including phenoxy) is 1. The summed E-state index contributed by atoms with van der Waals surface area (Å²) in [5.41, 5.74) is 0.912. The highest BCUT2D eigenvalue weighted by atomic mass is 16.6. The molecule has 0 aliphatic carbocycles. The van der Waals surface area contributed by atoms with Crippen LogP contribution in [0.4, 0.5) is 11.5 Å². The van der Waals surface area contributed by atoms with Gasteiger partial charge in [0.15, 0.2) is 6.61 Å². The lowest BCUT2D eigenvalue weighted by molar-refractivity contribution is -0.391. The first kappa shape index (κ1) is 17.5. The molecule has 0 aliphatic heterocycles. The number of aromatic nitrogens is 2. The highest BCUT2D eigenvalue weighted by Gasteiger charge is 2.16. The summed E-state index contributed by atoms with van der Waals surface area (Å²) >= 11 is 0. The predicted octanol–water partition coefficient (Wildman–Crippen LogP) is 3.15. The van der Waals surface area contributed by atoms with Crippen LogP contribution in [0.2, 0.25) is 0 Å². The molecule has 0 unspecified atom stereocenters. The van der Waals surface area contributed by atoms with Crippen molar-refractivity contribution in [3.63, 3.8) is 0 Å². The summed E-state index contributed by atoms with van der Waals surface area (Å²) in [6.45, 7) is 3.11. The van der Waals surface area contributed by atoms with Crippen molar-refractivity contribution in [2.45, 2.75) is 26.4 Å². The van der Waals surface area contributed by atoms with E-state index in [1.807, 2.05) is 24.3 Å². The van der Waals surface area contributed by atoms with Gasteiger partial charge in [-0.25, -0.2) is 9.55 Å². The van der Waals surface area contributed by atoms with Gasteiger partial charge in [0.1, 0.15) is 11.9 Å². The van der Waals surface area contributed by atoms with Crippen molar-refractivity contribution < 1.29 is 9.66 Å². The normalized spacial score (nSPS) is 10.9. The zero-order valence-corrected chi connectivity index (χ0v) is 13.8. The Morgan fingerprint density at radius 2 is 2.17 bits per heavy atom. The molecule has 0 fully saturated rings. The topological polar surface area (TPSA) is 94.6 Å². The third-order valence-corrected chi connectivity index (χ3v) is 3.43. The van der Waals surface area contributed by atoms with E-state index in [1.54, 1.807) is 13.4 Å². The molecule has 24 heavy (non-hydrogen) atoms. The van der Waals surface area contributed by atoms with Gasteiger partial charge in [-0.05, 0) is 35.6 Å². The van der Waals surface area contributed by atoms with E-state index in [-0.39, 0.29) is 12.4 Å². The van der Waals surface area contributed by atoms with Crippen LogP contribution in [0.5, 0.6) is 5.75 Å². The van der Waals surface area contributed by atoms with Crippen LogP contribution in [0, 0.1) is 10.1 Å². The van der Waals surface area contributed by atoms with Crippen LogP contribution < -0.4 is 10.1 Å². The summed E-state index contributed by atoms with van der Waals surface area (Å²) in [5, 5.41) is 13.9. The Morgan fingerprint density at radius 1 is 1.42 bits per heavy atom. The van der Waals surface area contributed by atoms with E-state index >= 15 is 0 Å². The number of imidazole rings is 1. The fourth-order valence-corrected chi connectivity index (χ4v) is 1.97. The molecule has 0 radical (unpaired) electrons. The van der Waals surface area contributed by atoms with E-state index in [4.69, 9.17) is 4.74 Å². The zero-order chi connectivity index (χ0) is 17.4. The molecular formula is C16H21N5O3. The van der Waals surface area contributed by atoms with Crippen LogP contribution in [0.1, 0.15) is 25.6 Å². The number of nitro groups is 1. The molecule has 1 heterocycles. The molecule has 0 atom stereocenters. The number of rotatable bonds is 9. The van der Waals surface area contributed by atoms with E-state index < -0.39 is 4.92 Å². The van der Waals surface area contributed by atoms with Crippen LogP contribution >= 0.6 is 0 Å². The minimum Gasteiger partial charge on any atom is -0.483 e. The van der Waals surface area contributed by atoms with Gasteiger partial charge in [-0.2, -0.15) is 0 Å². The Kier molecular flexibility index (Phi) is 6.30. The molecule has 0 bridgehead atoms. The maximum Gasteiger partial charge on any atom is 0.342 e. The largest absolute Gasteiger partial charge is 0.483 e. The van der Waals surface area contributed by atoms with Crippen LogP contribution in [0.25, 0.3) is 0 Å². The van der Waals surface area contributed by atoms with Crippen LogP contribution in [0.15, 0.2) is 35.5 Å². The van der Waals surface area contributed by atoms with E-state index in [0.717, 1.165) is 25.1 Å². The van der Waals surface area contributed by atoms with Gasteiger partial charge >= 0.3 is 5.82 Å². The first-order valence-corrected chi connectivity index (χ1v) is 7.74. The Labute approximate surface area is 140 Å². The van der Waals surface area contributed by atoms with Gasteiger partial charge in [-0.3, -0.25) is 4.99 Å². The lowest BCUT2D eigenvalue weighted by Gasteiger charge is -2.06. The smallest absolute Gasteiger partial charge is 0.342 e. The number of nitrogens with zero attached hydrogens (tertiary/aromatic N) is 4. The molecule has 0 amide bonds. The summed E-state index contributed by atoms with van der Waals surface area (Å²) in [5.74, 6) is 1.09. The van der Waals surface area contributed by atoms with Gasteiger partial charge in [0.05, 0.1) is 13.4 Å². The fraction of sp³-hybridized carbons (Fsp3) is 0.375. The zero-order valence-electron chi connectivity index (χ0n) is 13.8. The molecule has 1 aromatic carbocycles. The third kappa shape index (κ3) is 4.80. The summed E-state index contributed by atoms with van der Waals surface area (Å²) in [7, 11) is 1.59. The van der Waals surface area contributed by atoms with Gasteiger partial charge in [-0.1, -0.05) is 13.3 Å². The van der Waals surface area contributed by atoms with E-state index in [9.17, 15) is 10.1 Å². The molecule has 0 spiro atoms. The summed E-state index contributed by atoms with van der Waals surface area (Å²) in [6.07, 6.45) is 5.13. The highest BCUT2D eigenvalue weighted by molar-refractivity contribution is 5.75. The lowest BCUT2D eigenvalue weighted by Crippen LogP contribution is -2.05. The highest BCUT2D eigenvalue weighted by Crippen LogP contribution is 2.18. The van der Waals surface area contributed by atoms with E-state index in [1.165, 1.54) is 10.8 Å². The Bertz CT molecular complexity index is 694. The molecule has 8 heteroatoms. The van der Waals surface area contributed by atoms with Crippen molar-refractivity contribution in [1.82, 2.24) is 9.55 Å². The molecule has 0 aliphatic rings. The van der Waals surface area contributed by atoms with Gasteiger partial charge in [0, 0.05) is 12.2 Å². The fourth-order valence-electron chi connectivity index (χ4n) is 1.97. The minimum atomic E-state index is -0.473. The second-order valence-corrected chi connectivity index (χ2v) is 5.19. The van der Waals surface area contributed by atoms with Gasteiger partial charge in [0.2, 0.25) is 5.82 Å². The first-order chi connectivity index (χ1) is 11.6. The lowest BCUT2D eigenvalue weighted by atomic mass is 10.3. The van der Waals surface area contributed by atoms with Crippen molar-refractivity contribution in [2.75, 3.05) is 11.9 Å². The van der Waals surface area contributed by atoms with Crippen LogP contribution in [-0.2, 0) is 13.7 Å². The SMILES string of the molecule is CCCCN=CNc1ccc(OCc2ncc([N+](=O)[O-])n2C)cc1. The number of nitrogens with one attached hydrogen (secondary N) is 1. The number of unbranched alkanes of at least 4 members (excludes halogenated alkanes) is 1. The third-order valence-electron chi connectivity index (χ3n) is 3.43. The monoisotopic (exact) mass is 331 g/mol. The van der Waals surface area contributed by atoms with Crippen LogP contribution in [-0.4, -0.2) is 27.4 Å². The Hall–Kier alpha value is -2.90. The molecule has 0 saturated carbocycles. The molecule has 128 valence electrons. The standard InChI is InChI=1S/C16H21N5O3/c1-3-4-9-17-12-19-13-5-7-14(8-6-13)24-11-15-18-10-16(20(15)2)21(22)23/h5-8,10,12H,3-4,9,11H2,1-2H3,(H,17,19). The quantitative estimate of drug-likeness (QED) is 0.250. The maximum atomic E-state index is 10.8. The number of aliphatic imine (C=N–C) groups is 1. The average Bonchev–Trinajstić information content (AvgIpc) is 2.95. The predicted molar refractivity (Wildman–Crippen MR) is 92.5 cm³/mol. The van der Waals surface area contributed by atoms with Crippen molar-refractivity contribution in [2.24, 2.45) is 12.0 Å². The molecule has 8 nitrogen and oxygen atoms in total. The number of anilines is 1. The summed E-state index contributed by atoms with van der Waals surface area (Å²) in [6, 6.07) is 7.39. The average molecular weight is 331 g/mol. The van der Waals surface area contributed by atoms with Crippen molar-refractivity contribution in [1.29, 1.82) is 0 Å². The Morgan fingerprint density at radius 3 is 2.79 bits per heavy atom. The summed E-state index contributed by atoms with van der Waals surface area (Å²) in [4.78, 5) is 18.6. The van der Waals surface area contributed by atoms with Gasteiger partial charge in [0.25, 0.3) is 0 Å².